The monoisotopic (exact) mass is 312 g/mol. The lowest BCUT2D eigenvalue weighted by atomic mass is 10.1. The van der Waals surface area contributed by atoms with E-state index in [4.69, 9.17) is 9.47 Å². The van der Waals surface area contributed by atoms with E-state index in [1.807, 2.05) is 6.26 Å². The van der Waals surface area contributed by atoms with E-state index in [1.54, 1.807) is 6.07 Å². The Morgan fingerprint density at radius 2 is 1.81 bits per heavy atom. The van der Waals surface area contributed by atoms with Gasteiger partial charge in [0.1, 0.15) is 11.5 Å². The number of benzene rings is 1. The van der Waals surface area contributed by atoms with Gasteiger partial charge in [-0.15, -0.1) is 0 Å². The highest BCUT2D eigenvalue weighted by Crippen LogP contribution is 2.22. The van der Waals surface area contributed by atoms with E-state index in [9.17, 15) is 14.7 Å². The Balaban J connectivity index is 2.88. The van der Waals surface area contributed by atoms with Crippen LogP contribution in [0.4, 0.5) is 0 Å². The van der Waals surface area contributed by atoms with E-state index in [0.29, 0.717) is 23.7 Å². The van der Waals surface area contributed by atoms with Crippen molar-refractivity contribution in [3.05, 3.63) is 23.8 Å². The average Bonchev–Trinajstić information content (AvgIpc) is 2.50. The largest absolute Gasteiger partial charge is 0.548 e. The number of nitrogens with one attached hydrogen (secondary N) is 1. The number of methoxy groups -OCH3 is 2. The Kier molecular flexibility index (Phi) is 6.87. The molecule has 1 aromatic carbocycles. The molecule has 1 N–H and O–H groups in total. The van der Waals surface area contributed by atoms with Gasteiger partial charge >= 0.3 is 0 Å². The number of aliphatic carboxylic acids is 1. The number of hydrogen-bond donors (Lipinski definition) is 1. The fraction of sp³-hybridized carbons (Fsp3) is 0.429. The van der Waals surface area contributed by atoms with Crippen LogP contribution in [0.3, 0.4) is 0 Å². The zero-order valence-corrected chi connectivity index (χ0v) is 13.0. The van der Waals surface area contributed by atoms with E-state index < -0.39 is 17.9 Å². The average molecular weight is 312 g/mol. The predicted molar refractivity (Wildman–Crippen MR) is 78.8 cm³/mol. The maximum absolute atomic E-state index is 12.1. The van der Waals surface area contributed by atoms with Gasteiger partial charge in [0, 0.05) is 11.6 Å². The molecular formula is C14H18NO5S-. The summed E-state index contributed by atoms with van der Waals surface area (Å²) in [6.07, 6.45) is 2.16. The molecule has 0 saturated heterocycles. The second kappa shape index (κ2) is 8.41. The molecule has 0 fully saturated rings. The highest BCUT2D eigenvalue weighted by Gasteiger charge is 2.16. The first-order valence-corrected chi connectivity index (χ1v) is 7.65. The van der Waals surface area contributed by atoms with Crippen molar-refractivity contribution in [1.82, 2.24) is 5.32 Å². The molecular weight excluding hydrogens is 294 g/mol. The summed E-state index contributed by atoms with van der Waals surface area (Å²) >= 11 is 1.50. The van der Waals surface area contributed by atoms with Gasteiger partial charge in [0.05, 0.1) is 26.2 Å². The van der Waals surface area contributed by atoms with Crippen molar-refractivity contribution >= 4 is 23.6 Å². The standard InChI is InChI=1S/C14H19NO5S/c1-19-10-6-9(7-11(8-10)20-2)13(16)15-12(14(17)18)4-5-21-3/h6-8,12H,4-5H2,1-3H3,(H,15,16)(H,17,18)/p-1/t12-/m0/s1. The SMILES string of the molecule is COc1cc(OC)cc(C(=O)N[C@@H](CCSC)C(=O)[O-])c1. The van der Waals surface area contributed by atoms with Crippen LogP contribution in [-0.4, -0.2) is 44.1 Å². The topological polar surface area (TPSA) is 87.7 Å². The highest BCUT2D eigenvalue weighted by atomic mass is 32.2. The lowest BCUT2D eigenvalue weighted by molar-refractivity contribution is -0.308. The van der Waals surface area contributed by atoms with Crippen molar-refractivity contribution in [2.45, 2.75) is 12.5 Å². The van der Waals surface area contributed by atoms with Gasteiger partial charge in [0.2, 0.25) is 0 Å². The molecule has 0 saturated carbocycles. The minimum absolute atomic E-state index is 0.265. The number of carbonyl (C=O) groups is 2. The molecule has 0 aromatic heterocycles. The molecule has 1 amide bonds. The summed E-state index contributed by atoms with van der Waals surface area (Å²) in [7, 11) is 2.94. The minimum Gasteiger partial charge on any atom is -0.548 e. The zero-order chi connectivity index (χ0) is 15.8. The van der Waals surface area contributed by atoms with Crippen LogP contribution in [-0.2, 0) is 4.79 Å². The molecule has 0 unspecified atom stereocenters. The number of carboxylic acid groups (broad SMARTS) is 1. The predicted octanol–water partition coefficient (Wildman–Crippen LogP) is 0.305. The van der Waals surface area contributed by atoms with Crippen LogP contribution in [0.15, 0.2) is 18.2 Å². The van der Waals surface area contributed by atoms with Crippen LogP contribution in [0.1, 0.15) is 16.8 Å². The van der Waals surface area contributed by atoms with Crippen LogP contribution >= 0.6 is 11.8 Å². The van der Waals surface area contributed by atoms with Gasteiger partial charge in [-0.2, -0.15) is 11.8 Å². The van der Waals surface area contributed by atoms with Gasteiger partial charge in [-0.3, -0.25) is 4.79 Å². The fourth-order valence-electron chi connectivity index (χ4n) is 1.66. The molecule has 6 nitrogen and oxygen atoms in total. The molecule has 1 atom stereocenters. The number of thioether (sulfide) groups is 1. The van der Waals surface area contributed by atoms with Crippen LogP contribution in [0.2, 0.25) is 0 Å². The highest BCUT2D eigenvalue weighted by molar-refractivity contribution is 7.98. The fourth-order valence-corrected chi connectivity index (χ4v) is 2.14. The van der Waals surface area contributed by atoms with Crippen molar-refractivity contribution in [2.75, 3.05) is 26.2 Å². The van der Waals surface area contributed by atoms with Gasteiger partial charge in [-0.1, -0.05) is 0 Å². The van der Waals surface area contributed by atoms with E-state index in [0.717, 1.165) is 0 Å². The van der Waals surface area contributed by atoms with Crippen molar-refractivity contribution < 1.29 is 24.2 Å². The maximum atomic E-state index is 12.1. The summed E-state index contributed by atoms with van der Waals surface area (Å²) in [5.41, 5.74) is 0.265. The summed E-state index contributed by atoms with van der Waals surface area (Å²) in [6, 6.07) is 3.63. The van der Waals surface area contributed by atoms with E-state index in [1.165, 1.54) is 38.1 Å². The smallest absolute Gasteiger partial charge is 0.252 e. The first-order chi connectivity index (χ1) is 10.0. The van der Waals surface area contributed by atoms with Gasteiger partial charge in [0.15, 0.2) is 0 Å². The lowest BCUT2D eigenvalue weighted by Gasteiger charge is -2.19. The molecule has 0 spiro atoms. The summed E-state index contributed by atoms with van der Waals surface area (Å²) < 4.78 is 10.1. The first-order valence-electron chi connectivity index (χ1n) is 6.25. The third kappa shape index (κ3) is 5.18. The molecule has 0 aliphatic rings. The lowest BCUT2D eigenvalue weighted by Crippen LogP contribution is -2.48. The molecule has 0 heterocycles. The van der Waals surface area contributed by atoms with Crippen molar-refractivity contribution in [2.24, 2.45) is 0 Å². The Hall–Kier alpha value is -1.89. The van der Waals surface area contributed by atoms with Gasteiger partial charge < -0.3 is 24.7 Å². The summed E-state index contributed by atoms with van der Waals surface area (Å²) in [4.78, 5) is 23.2. The quantitative estimate of drug-likeness (QED) is 0.743. The molecule has 7 heteroatoms. The maximum Gasteiger partial charge on any atom is 0.252 e. The van der Waals surface area contributed by atoms with E-state index >= 15 is 0 Å². The van der Waals surface area contributed by atoms with Gasteiger partial charge in [-0.25, -0.2) is 0 Å². The van der Waals surface area contributed by atoms with Crippen molar-refractivity contribution in [1.29, 1.82) is 0 Å². The normalized spacial score (nSPS) is 11.6. The summed E-state index contributed by atoms with van der Waals surface area (Å²) in [5.74, 6) is -0.294. The summed E-state index contributed by atoms with van der Waals surface area (Å²) in [6.45, 7) is 0. The number of carboxylic acids is 1. The van der Waals surface area contributed by atoms with Crippen molar-refractivity contribution in [3.63, 3.8) is 0 Å². The number of rotatable bonds is 8. The molecule has 116 valence electrons. The Bertz CT molecular complexity index is 484. The Morgan fingerprint density at radius 1 is 1.24 bits per heavy atom. The number of amides is 1. The van der Waals surface area contributed by atoms with E-state index in [-0.39, 0.29) is 5.56 Å². The van der Waals surface area contributed by atoms with Crippen LogP contribution in [0, 0.1) is 0 Å². The van der Waals surface area contributed by atoms with Crippen LogP contribution in [0.25, 0.3) is 0 Å². The van der Waals surface area contributed by atoms with Crippen LogP contribution < -0.4 is 19.9 Å². The van der Waals surface area contributed by atoms with Gasteiger partial charge in [0.25, 0.3) is 5.91 Å². The molecule has 21 heavy (non-hydrogen) atoms. The molecule has 1 rings (SSSR count). The van der Waals surface area contributed by atoms with Crippen molar-refractivity contribution in [3.8, 4) is 11.5 Å². The molecule has 0 radical (unpaired) electrons. The molecule has 0 aliphatic heterocycles. The number of hydrogen-bond acceptors (Lipinski definition) is 6. The third-order valence-corrected chi connectivity index (χ3v) is 3.46. The molecule has 0 bridgehead atoms. The third-order valence-electron chi connectivity index (χ3n) is 2.81. The zero-order valence-electron chi connectivity index (χ0n) is 12.2. The second-order valence-corrected chi connectivity index (χ2v) is 5.21. The molecule has 0 aliphatic carbocycles. The van der Waals surface area contributed by atoms with Gasteiger partial charge in [-0.05, 0) is 30.6 Å². The Labute approximate surface area is 127 Å². The number of ether oxygens (including phenoxy) is 2. The van der Waals surface area contributed by atoms with E-state index in [2.05, 4.69) is 5.32 Å². The summed E-state index contributed by atoms with van der Waals surface area (Å²) in [5, 5.41) is 13.5. The second-order valence-electron chi connectivity index (χ2n) is 4.23. The minimum atomic E-state index is -1.30. The first kappa shape index (κ1) is 17.2. The van der Waals surface area contributed by atoms with Crippen LogP contribution in [0.5, 0.6) is 11.5 Å². The Morgan fingerprint density at radius 3 is 2.24 bits per heavy atom. The molecule has 1 aromatic rings. The number of carbonyl (C=O) groups excluding carboxylic acids is 2.